The van der Waals surface area contributed by atoms with Crippen LogP contribution in [-0.2, 0) is 13.2 Å². The van der Waals surface area contributed by atoms with E-state index in [0.717, 1.165) is 10.7 Å². The number of alkyl halides is 3. The molecule has 0 unspecified atom stereocenters. The van der Waals surface area contributed by atoms with Crippen LogP contribution in [0.5, 0.6) is 11.6 Å². The maximum absolute atomic E-state index is 12.4. The molecule has 0 aliphatic rings. The largest absolute Gasteiger partial charge is 0.439 e. The van der Waals surface area contributed by atoms with Crippen LogP contribution < -0.4 is 10.5 Å². The monoisotopic (exact) mass is 257 g/mol. The summed E-state index contributed by atoms with van der Waals surface area (Å²) in [5.41, 5.74) is 5.04. The van der Waals surface area contributed by atoms with Gasteiger partial charge in [0.15, 0.2) is 5.69 Å². The molecule has 1 aromatic carbocycles. The molecule has 2 rings (SSSR count). The number of hydrogen-bond donors (Lipinski definition) is 1. The topological polar surface area (TPSA) is 53.1 Å². The minimum absolute atomic E-state index is 0.00657. The summed E-state index contributed by atoms with van der Waals surface area (Å²) >= 11 is 0. The van der Waals surface area contributed by atoms with Crippen LogP contribution in [0.4, 0.5) is 18.9 Å². The summed E-state index contributed by atoms with van der Waals surface area (Å²) in [7, 11) is 1.38. The van der Waals surface area contributed by atoms with Crippen LogP contribution >= 0.6 is 0 Å². The highest BCUT2D eigenvalue weighted by molar-refractivity contribution is 5.42. The van der Waals surface area contributed by atoms with Crippen LogP contribution in [-0.4, -0.2) is 9.78 Å². The number of rotatable bonds is 2. The first-order valence-corrected chi connectivity index (χ1v) is 5.01. The number of nitrogens with two attached hydrogens (primary N) is 1. The normalized spacial score (nSPS) is 11.6. The summed E-state index contributed by atoms with van der Waals surface area (Å²) in [5, 5.41) is 3.34. The van der Waals surface area contributed by atoms with E-state index in [0.29, 0.717) is 11.4 Å². The van der Waals surface area contributed by atoms with Crippen molar-refractivity contribution in [2.75, 3.05) is 5.73 Å². The molecule has 0 spiro atoms. The summed E-state index contributed by atoms with van der Waals surface area (Å²) in [6.07, 6.45) is -4.49. The predicted molar refractivity (Wildman–Crippen MR) is 59.1 cm³/mol. The van der Waals surface area contributed by atoms with E-state index in [4.69, 9.17) is 10.5 Å². The van der Waals surface area contributed by atoms with E-state index in [2.05, 4.69) is 5.10 Å². The Balaban J connectivity index is 2.24. The number of hydrogen-bond acceptors (Lipinski definition) is 3. The predicted octanol–water partition coefficient (Wildman–Crippen LogP) is 2.81. The quantitative estimate of drug-likeness (QED) is 0.841. The molecule has 0 atom stereocenters. The number of aromatic nitrogens is 2. The lowest BCUT2D eigenvalue weighted by Crippen LogP contribution is -2.06. The molecule has 0 amide bonds. The van der Waals surface area contributed by atoms with Gasteiger partial charge in [-0.25, -0.2) is 4.68 Å². The Hall–Kier alpha value is -2.18. The number of benzene rings is 1. The fourth-order valence-electron chi connectivity index (χ4n) is 1.34. The van der Waals surface area contributed by atoms with E-state index >= 15 is 0 Å². The highest BCUT2D eigenvalue weighted by Gasteiger charge is 2.35. The van der Waals surface area contributed by atoms with Crippen molar-refractivity contribution in [1.29, 1.82) is 0 Å². The van der Waals surface area contributed by atoms with E-state index in [1.807, 2.05) is 0 Å². The third kappa shape index (κ3) is 2.55. The second-order valence-electron chi connectivity index (χ2n) is 3.66. The fourth-order valence-corrected chi connectivity index (χ4v) is 1.34. The van der Waals surface area contributed by atoms with Gasteiger partial charge in [-0.3, -0.25) is 0 Å². The van der Waals surface area contributed by atoms with Crippen molar-refractivity contribution in [1.82, 2.24) is 9.78 Å². The highest BCUT2D eigenvalue weighted by atomic mass is 19.4. The molecule has 0 radical (unpaired) electrons. The van der Waals surface area contributed by atoms with E-state index in [1.54, 1.807) is 24.3 Å². The van der Waals surface area contributed by atoms with E-state index in [-0.39, 0.29) is 5.88 Å². The van der Waals surface area contributed by atoms with Gasteiger partial charge in [-0.05, 0) is 24.3 Å². The van der Waals surface area contributed by atoms with Crippen molar-refractivity contribution < 1.29 is 17.9 Å². The Morgan fingerprint density at radius 1 is 1.22 bits per heavy atom. The van der Waals surface area contributed by atoms with Gasteiger partial charge >= 0.3 is 6.18 Å². The van der Waals surface area contributed by atoms with Crippen molar-refractivity contribution in [3.63, 3.8) is 0 Å². The van der Waals surface area contributed by atoms with Crippen LogP contribution in [0, 0.1) is 0 Å². The number of ether oxygens (including phenoxy) is 1. The van der Waals surface area contributed by atoms with Gasteiger partial charge in [0.25, 0.3) is 0 Å². The first-order valence-electron chi connectivity index (χ1n) is 5.01. The number of anilines is 1. The minimum atomic E-state index is -4.49. The lowest BCUT2D eigenvalue weighted by Gasteiger charge is -2.04. The molecule has 0 saturated carbocycles. The maximum Gasteiger partial charge on any atom is 0.435 e. The first-order chi connectivity index (χ1) is 8.36. The molecule has 1 aromatic heterocycles. The van der Waals surface area contributed by atoms with Crippen LogP contribution in [0.25, 0.3) is 0 Å². The van der Waals surface area contributed by atoms with Crippen molar-refractivity contribution >= 4 is 5.69 Å². The molecule has 18 heavy (non-hydrogen) atoms. The third-order valence-corrected chi connectivity index (χ3v) is 2.23. The van der Waals surface area contributed by atoms with Crippen LogP contribution in [0.2, 0.25) is 0 Å². The zero-order valence-electron chi connectivity index (χ0n) is 9.40. The molecular weight excluding hydrogens is 247 g/mol. The van der Waals surface area contributed by atoms with E-state index in [1.165, 1.54) is 7.05 Å². The van der Waals surface area contributed by atoms with Crippen molar-refractivity contribution in [2.24, 2.45) is 7.05 Å². The lowest BCUT2D eigenvalue weighted by atomic mass is 10.3. The molecule has 96 valence electrons. The van der Waals surface area contributed by atoms with E-state index in [9.17, 15) is 13.2 Å². The van der Waals surface area contributed by atoms with E-state index < -0.39 is 11.9 Å². The molecule has 4 nitrogen and oxygen atoms in total. The Kier molecular flexibility index (Phi) is 2.90. The molecule has 2 aromatic rings. The number of nitrogen functional groups attached to an aromatic ring is 1. The summed E-state index contributed by atoms with van der Waals surface area (Å²) in [5.74, 6) is 0.396. The SMILES string of the molecule is Cn1nc(C(F)(F)F)cc1Oc1ccc(N)cc1. The average molecular weight is 257 g/mol. The molecule has 0 aliphatic heterocycles. The minimum Gasteiger partial charge on any atom is -0.439 e. The second kappa shape index (κ2) is 4.25. The smallest absolute Gasteiger partial charge is 0.435 e. The molecule has 0 saturated heterocycles. The lowest BCUT2D eigenvalue weighted by molar-refractivity contribution is -0.141. The fraction of sp³-hybridized carbons (Fsp3) is 0.182. The number of aryl methyl sites for hydroxylation is 1. The average Bonchev–Trinajstić information content (AvgIpc) is 2.63. The Morgan fingerprint density at radius 3 is 2.33 bits per heavy atom. The van der Waals surface area contributed by atoms with Crippen molar-refractivity contribution in [3.8, 4) is 11.6 Å². The molecule has 0 bridgehead atoms. The third-order valence-electron chi connectivity index (χ3n) is 2.23. The van der Waals surface area contributed by atoms with Gasteiger partial charge in [0.2, 0.25) is 5.88 Å². The maximum atomic E-state index is 12.4. The standard InChI is InChI=1S/C11H10F3N3O/c1-17-10(6-9(16-17)11(12,13)14)18-8-4-2-7(15)3-5-8/h2-6H,15H2,1H3. The molecule has 1 heterocycles. The summed E-state index contributed by atoms with van der Waals surface area (Å²) in [6, 6.07) is 7.16. The molecular formula is C11H10F3N3O. The summed E-state index contributed by atoms with van der Waals surface area (Å²) in [6.45, 7) is 0. The van der Waals surface area contributed by atoms with Gasteiger partial charge in [0.05, 0.1) is 0 Å². The highest BCUT2D eigenvalue weighted by Crippen LogP contribution is 2.31. The Labute approximate surface area is 101 Å². The van der Waals surface area contributed by atoms with Gasteiger partial charge in [0, 0.05) is 18.8 Å². The van der Waals surface area contributed by atoms with Crippen LogP contribution in [0.3, 0.4) is 0 Å². The van der Waals surface area contributed by atoms with Crippen molar-refractivity contribution in [2.45, 2.75) is 6.18 Å². The Morgan fingerprint density at radius 2 is 1.83 bits per heavy atom. The first kappa shape index (κ1) is 12.3. The molecule has 0 aliphatic carbocycles. The van der Waals surface area contributed by atoms with Crippen LogP contribution in [0.1, 0.15) is 5.69 Å². The zero-order valence-corrected chi connectivity index (χ0v) is 9.40. The molecule has 7 heteroatoms. The molecule has 0 fully saturated rings. The molecule has 2 N–H and O–H groups in total. The van der Waals surface area contributed by atoms with Gasteiger partial charge in [-0.2, -0.15) is 18.3 Å². The Bertz CT molecular complexity index is 546. The van der Waals surface area contributed by atoms with Crippen molar-refractivity contribution in [3.05, 3.63) is 36.0 Å². The van der Waals surface area contributed by atoms with Gasteiger partial charge < -0.3 is 10.5 Å². The zero-order chi connectivity index (χ0) is 13.3. The van der Waals surface area contributed by atoms with Gasteiger partial charge in [-0.1, -0.05) is 0 Å². The summed E-state index contributed by atoms with van der Waals surface area (Å²) < 4.78 is 43.6. The second-order valence-corrected chi connectivity index (χ2v) is 3.66. The van der Waals surface area contributed by atoms with Gasteiger partial charge in [-0.15, -0.1) is 0 Å². The van der Waals surface area contributed by atoms with Gasteiger partial charge in [0.1, 0.15) is 5.75 Å². The summed E-state index contributed by atoms with van der Waals surface area (Å²) in [4.78, 5) is 0. The number of nitrogens with zero attached hydrogens (tertiary/aromatic N) is 2. The van der Waals surface area contributed by atoms with Crippen LogP contribution in [0.15, 0.2) is 30.3 Å². The number of halogens is 3.